The van der Waals surface area contributed by atoms with Crippen LogP contribution in [-0.2, 0) is 12.3 Å². The molecule has 0 spiro atoms. The summed E-state index contributed by atoms with van der Waals surface area (Å²) < 4.78 is 43.9. The number of hydrogen-bond acceptors (Lipinski definition) is 0. The van der Waals surface area contributed by atoms with Crippen LogP contribution in [0.2, 0.25) is 0 Å². The zero-order valence-electron chi connectivity index (χ0n) is 13.5. The molecule has 0 heterocycles. The van der Waals surface area contributed by atoms with Gasteiger partial charge in [-0.2, -0.15) is 0 Å². The lowest BCUT2D eigenvalue weighted by Crippen LogP contribution is -2.31. The van der Waals surface area contributed by atoms with Gasteiger partial charge in [0.1, 0.15) is 5.82 Å². The van der Waals surface area contributed by atoms with Crippen LogP contribution in [0.15, 0.2) is 12.1 Å². The first-order valence-electron chi connectivity index (χ1n) is 8.61. The maximum atomic E-state index is 14.8. The van der Waals surface area contributed by atoms with E-state index in [0.29, 0.717) is 23.5 Å². The fourth-order valence-electron chi connectivity index (χ4n) is 4.55. The lowest BCUT2D eigenvalue weighted by atomic mass is 9.73. The van der Waals surface area contributed by atoms with Crippen LogP contribution in [0.4, 0.5) is 13.2 Å². The first-order valence-corrected chi connectivity index (χ1v) is 8.61. The predicted octanol–water partition coefficient (Wildman–Crippen LogP) is 6.25. The molecule has 0 bridgehead atoms. The summed E-state index contributed by atoms with van der Waals surface area (Å²) in [6, 6.07) is 3.33. The Morgan fingerprint density at radius 3 is 2.50 bits per heavy atom. The molecule has 3 heteroatoms. The van der Waals surface area contributed by atoms with Gasteiger partial charge in [0.2, 0.25) is 0 Å². The molecule has 0 aliphatic heterocycles. The van der Waals surface area contributed by atoms with Crippen LogP contribution in [0.25, 0.3) is 0 Å². The standard InChI is InChI=1S/C19H25F3.H2/c1-3-4-13-6-9-14(10-7-13)16-11-15-8-5-12(2)18(20)17(15)19(16,21)22;/h5,8,13-14,16H,3-4,6-7,9-11H2,1-2H3;1H. The highest BCUT2D eigenvalue weighted by Crippen LogP contribution is 2.53. The molecule has 1 saturated carbocycles. The zero-order valence-corrected chi connectivity index (χ0v) is 13.5. The average Bonchev–Trinajstić information content (AvgIpc) is 2.76. The smallest absolute Gasteiger partial charge is 0.206 e. The zero-order chi connectivity index (χ0) is 15.9. The van der Waals surface area contributed by atoms with E-state index in [1.54, 1.807) is 19.1 Å². The van der Waals surface area contributed by atoms with E-state index < -0.39 is 17.7 Å². The van der Waals surface area contributed by atoms with Crippen molar-refractivity contribution in [3.8, 4) is 0 Å². The minimum atomic E-state index is -3.01. The van der Waals surface area contributed by atoms with Crippen LogP contribution in [0.1, 0.15) is 63.6 Å². The Kier molecular flexibility index (Phi) is 4.26. The largest absolute Gasteiger partial charge is 0.279 e. The van der Waals surface area contributed by atoms with Gasteiger partial charge in [0.15, 0.2) is 0 Å². The third kappa shape index (κ3) is 2.57. The molecule has 124 valence electrons. The van der Waals surface area contributed by atoms with Gasteiger partial charge in [-0.05, 0) is 49.1 Å². The van der Waals surface area contributed by atoms with Gasteiger partial charge in [0, 0.05) is 7.34 Å². The third-order valence-corrected chi connectivity index (χ3v) is 5.82. The summed E-state index contributed by atoms with van der Waals surface area (Å²) in [5.74, 6) is -3.66. The molecule has 2 aliphatic carbocycles. The first kappa shape index (κ1) is 15.9. The first-order chi connectivity index (χ1) is 10.4. The van der Waals surface area contributed by atoms with Crippen molar-refractivity contribution in [2.24, 2.45) is 17.8 Å². The molecule has 0 radical (unpaired) electrons. The summed E-state index contributed by atoms with van der Waals surface area (Å²) >= 11 is 0. The van der Waals surface area contributed by atoms with Crippen LogP contribution in [-0.4, -0.2) is 0 Å². The molecule has 0 nitrogen and oxygen atoms in total. The second-order valence-electron chi connectivity index (χ2n) is 7.23. The van der Waals surface area contributed by atoms with E-state index >= 15 is 0 Å². The van der Waals surface area contributed by atoms with E-state index in [1.807, 2.05) is 0 Å². The van der Waals surface area contributed by atoms with Crippen LogP contribution in [0, 0.1) is 30.5 Å². The summed E-state index contributed by atoms with van der Waals surface area (Å²) in [5.41, 5.74) is 0.535. The molecule has 2 aliphatic rings. The highest BCUT2D eigenvalue weighted by molar-refractivity contribution is 5.41. The SMILES string of the molecule is CCCC1CCC(C2Cc3ccc(C)c(F)c3C2(F)F)CC1.[HH]. The van der Waals surface area contributed by atoms with E-state index in [4.69, 9.17) is 0 Å². The molecular formula is C19H27F3. The summed E-state index contributed by atoms with van der Waals surface area (Å²) in [4.78, 5) is 0. The number of halogens is 3. The van der Waals surface area contributed by atoms with E-state index in [-0.39, 0.29) is 12.9 Å². The molecule has 1 fully saturated rings. The van der Waals surface area contributed by atoms with E-state index in [9.17, 15) is 13.2 Å². The molecule has 1 unspecified atom stereocenters. The van der Waals surface area contributed by atoms with Crippen molar-refractivity contribution >= 4 is 0 Å². The van der Waals surface area contributed by atoms with Gasteiger partial charge in [-0.3, -0.25) is 0 Å². The third-order valence-electron chi connectivity index (χ3n) is 5.82. The Labute approximate surface area is 132 Å². The Morgan fingerprint density at radius 2 is 1.86 bits per heavy atom. The van der Waals surface area contributed by atoms with Crippen molar-refractivity contribution in [3.05, 3.63) is 34.6 Å². The number of fused-ring (bicyclic) bond motifs is 1. The van der Waals surface area contributed by atoms with Crippen molar-refractivity contribution in [2.75, 3.05) is 0 Å². The van der Waals surface area contributed by atoms with Crippen LogP contribution in [0.5, 0.6) is 0 Å². The van der Waals surface area contributed by atoms with Crippen molar-refractivity contribution < 1.29 is 14.6 Å². The van der Waals surface area contributed by atoms with Gasteiger partial charge in [0.05, 0.1) is 5.56 Å². The number of aryl methyl sites for hydroxylation is 1. The summed E-state index contributed by atoms with van der Waals surface area (Å²) in [7, 11) is 0. The molecule has 0 saturated heterocycles. The monoisotopic (exact) mass is 312 g/mol. The number of benzene rings is 1. The van der Waals surface area contributed by atoms with Gasteiger partial charge in [0.25, 0.3) is 5.92 Å². The molecule has 1 aromatic carbocycles. The van der Waals surface area contributed by atoms with Crippen LogP contribution in [0.3, 0.4) is 0 Å². The maximum absolute atomic E-state index is 14.8. The minimum Gasteiger partial charge on any atom is -0.206 e. The average molecular weight is 312 g/mol. The van der Waals surface area contributed by atoms with Gasteiger partial charge in [-0.1, -0.05) is 44.7 Å². The van der Waals surface area contributed by atoms with Gasteiger partial charge in [-0.15, -0.1) is 0 Å². The Hall–Kier alpha value is -0.990. The van der Waals surface area contributed by atoms with Gasteiger partial charge in [-0.25, -0.2) is 13.2 Å². The van der Waals surface area contributed by atoms with Crippen LogP contribution < -0.4 is 0 Å². The molecule has 0 N–H and O–H groups in total. The lowest BCUT2D eigenvalue weighted by molar-refractivity contribution is -0.0840. The van der Waals surface area contributed by atoms with E-state index in [1.165, 1.54) is 12.8 Å². The van der Waals surface area contributed by atoms with E-state index in [0.717, 1.165) is 25.7 Å². The molecule has 1 atom stereocenters. The molecule has 1 aromatic rings. The topological polar surface area (TPSA) is 0 Å². The van der Waals surface area contributed by atoms with Crippen LogP contribution >= 0.6 is 0 Å². The predicted molar refractivity (Wildman–Crippen MR) is 84.7 cm³/mol. The minimum absolute atomic E-state index is 0. The fourth-order valence-corrected chi connectivity index (χ4v) is 4.55. The van der Waals surface area contributed by atoms with Gasteiger partial charge >= 0.3 is 0 Å². The Balaban J connectivity index is 0.00000192. The maximum Gasteiger partial charge on any atom is 0.279 e. The van der Waals surface area contributed by atoms with E-state index in [2.05, 4.69) is 6.92 Å². The second-order valence-corrected chi connectivity index (χ2v) is 7.23. The van der Waals surface area contributed by atoms with Crippen molar-refractivity contribution in [1.82, 2.24) is 0 Å². The van der Waals surface area contributed by atoms with Crippen molar-refractivity contribution in [2.45, 2.75) is 64.7 Å². The quantitative estimate of drug-likeness (QED) is 0.618. The molecule has 0 aromatic heterocycles. The molecule has 0 amide bonds. The number of alkyl halides is 2. The molecular weight excluding hydrogens is 285 g/mol. The second kappa shape index (κ2) is 5.90. The molecule has 22 heavy (non-hydrogen) atoms. The Morgan fingerprint density at radius 1 is 1.18 bits per heavy atom. The summed E-state index contributed by atoms with van der Waals surface area (Å²) in [5, 5.41) is 0. The van der Waals surface area contributed by atoms with Crippen molar-refractivity contribution in [3.63, 3.8) is 0 Å². The summed E-state index contributed by atoms with van der Waals surface area (Å²) in [6.07, 6.45) is 6.58. The molecule has 3 rings (SSSR count). The lowest BCUT2D eigenvalue weighted by Gasteiger charge is -2.34. The Bertz CT molecular complexity index is 548. The normalized spacial score (nSPS) is 30.3. The summed E-state index contributed by atoms with van der Waals surface area (Å²) in [6.45, 7) is 3.74. The van der Waals surface area contributed by atoms with Crippen molar-refractivity contribution in [1.29, 1.82) is 0 Å². The number of rotatable bonds is 3. The highest BCUT2D eigenvalue weighted by atomic mass is 19.3. The highest BCUT2D eigenvalue weighted by Gasteiger charge is 2.53. The van der Waals surface area contributed by atoms with Gasteiger partial charge < -0.3 is 0 Å². The fraction of sp³-hybridized carbons (Fsp3) is 0.684. The number of hydrogen-bond donors (Lipinski definition) is 0.